The highest BCUT2D eigenvalue weighted by molar-refractivity contribution is 6.17. The normalized spacial score (nSPS) is 10.7. The number of carboxylic acid groups (broad SMARTS) is 1. The smallest absolute Gasteiger partial charge is 0.336 e. The lowest BCUT2D eigenvalue weighted by Crippen LogP contribution is -2.14. The number of benzene rings is 3. The van der Waals surface area contributed by atoms with Crippen LogP contribution in [0.2, 0.25) is 0 Å². The van der Waals surface area contributed by atoms with Gasteiger partial charge in [-0.2, -0.15) is 0 Å². The standard InChI is InChI=1S/C21H15N3O5/c1-28-16-11-3-2-8-13(16)19-23-24-21(29-19)22-18(25)14-9-4-6-12-7-5-10-15(17(12)14)20(26)27/h2-11H,1H3,(H,26,27)(H,22,24,25). The van der Waals surface area contributed by atoms with Gasteiger partial charge in [0.05, 0.1) is 18.2 Å². The number of hydrogen-bond donors (Lipinski definition) is 2. The van der Waals surface area contributed by atoms with Crippen LogP contribution < -0.4 is 10.1 Å². The molecule has 0 saturated carbocycles. The van der Waals surface area contributed by atoms with Gasteiger partial charge in [0.25, 0.3) is 11.8 Å². The van der Waals surface area contributed by atoms with Crippen molar-refractivity contribution >= 4 is 28.7 Å². The van der Waals surface area contributed by atoms with E-state index >= 15 is 0 Å². The molecule has 0 radical (unpaired) electrons. The summed E-state index contributed by atoms with van der Waals surface area (Å²) in [4.78, 5) is 24.4. The molecule has 3 aromatic carbocycles. The first-order valence-corrected chi connectivity index (χ1v) is 8.62. The van der Waals surface area contributed by atoms with Crippen molar-refractivity contribution < 1.29 is 23.8 Å². The van der Waals surface area contributed by atoms with Crippen LogP contribution in [0.25, 0.3) is 22.2 Å². The molecule has 0 aliphatic rings. The molecule has 1 amide bonds. The van der Waals surface area contributed by atoms with E-state index in [4.69, 9.17) is 9.15 Å². The number of aromatic nitrogens is 2. The largest absolute Gasteiger partial charge is 0.496 e. The summed E-state index contributed by atoms with van der Waals surface area (Å²) in [5, 5.41) is 20.8. The fourth-order valence-electron chi connectivity index (χ4n) is 3.08. The molecule has 4 rings (SSSR count). The number of nitrogens with zero attached hydrogens (tertiary/aromatic N) is 2. The minimum Gasteiger partial charge on any atom is -0.496 e. The first-order chi connectivity index (χ1) is 14.1. The third-order valence-electron chi connectivity index (χ3n) is 4.36. The Balaban J connectivity index is 1.68. The van der Waals surface area contributed by atoms with E-state index in [1.165, 1.54) is 13.2 Å². The third kappa shape index (κ3) is 3.39. The molecule has 0 aliphatic carbocycles. The molecule has 4 aromatic rings. The van der Waals surface area contributed by atoms with Crippen molar-refractivity contribution in [2.45, 2.75) is 0 Å². The molecule has 8 nitrogen and oxygen atoms in total. The summed E-state index contributed by atoms with van der Waals surface area (Å²) in [6.07, 6.45) is 0. The molecule has 2 N–H and O–H groups in total. The number of carbonyl (C=O) groups excluding carboxylic acids is 1. The van der Waals surface area contributed by atoms with Crippen molar-refractivity contribution in [2.75, 3.05) is 12.4 Å². The molecule has 8 heteroatoms. The molecule has 0 unspecified atom stereocenters. The zero-order valence-corrected chi connectivity index (χ0v) is 15.2. The van der Waals surface area contributed by atoms with Crippen LogP contribution in [0.5, 0.6) is 5.75 Å². The number of amides is 1. The number of ether oxygens (including phenoxy) is 1. The second kappa shape index (κ2) is 7.43. The number of anilines is 1. The number of fused-ring (bicyclic) bond motifs is 1. The Labute approximate surface area is 164 Å². The Kier molecular flexibility index (Phi) is 4.66. The number of aromatic carboxylic acids is 1. The Morgan fingerprint density at radius 3 is 2.41 bits per heavy atom. The maximum atomic E-state index is 12.8. The molecule has 0 bridgehead atoms. The van der Waals surface area contributed by atoms with Crippen molar-refractivity contribution in [3.8, 4) is 17.2 Å². The van der Waals surface area contributed by atoms with Crippen molar-refractivity contribution in [2.24, 2.45) is 0 Å². The maximum absolute atomic E-state index is 12.8. The van der Waals surface area contributed by atoms with Crippen molar-refractivity contribution in [3.05, 3.63) is 71.8 Å². The van der Waals surface area contributed by atoms with Gasteiger partial charge in [0.15, 0.2) is 0 Å². The number of hydrogen-bond acceptors (Lipinski definition) is 6. The minimum atomic E-state index is -1.12. The predicted octanol–water partition coefficient (Wildman–Crippen LogP) is 3.85. The number of carbonyl (C=O) groups is 2. The second-order valence-corrected chi connectivity index (χ2v) is 6.08. The van der Waals surface area contributed by atoms with Gasteiger partial charge in [0.1, 0.15) is 5.75 Å². The van der Waals surface area contributed by atoms with Gasteiger partial charge in [-0.15, -0.1) is 5.10 Å². The van der Waals surface area contributed by atoms with Gasteiger partial charge in [0.2, 0.25) is 0 Å². The van der Waals surface area contributed by atoms with Gasteiger partial charge < -0.3 is 14.3 Å². The molecular formula is C21H15N3O5. The minimum absolute atomic E-state index is 0.0356. The van der Waals surface area contributed by atoms with E-state index in [1.807, 2.05) is 6.07 Å². The Morgan fingerprint density at radius 2 is 1.69 bits per heavy atom. The molecule has 0 aliphatic heterocycles. The first-order valence-electron chi connectivity index (χ1n) is 8.62. The van der Waals surface area contributed by atoms with E-state index in [2.05, 4.69) is 15.5 Å². The summed E-state index contributed by atoms with van der Waals surface area (Å²) < 4.78 is 10.8. The molecule has 0 spiro atoms. The van der Waals surface area contributed by atoms with Gasteiger partial charge >= 0.3 is 12.0 Å². The van der Waals surface area contributed by atoms with E-state index in [9.17, 15) is 14.7 Å². The van der Waals surface area contributed by atoms with Gasteiger partial charge in [-0.25, -0.2) is 4.79 Å². The van der Waals surface area contributed by atoms with Gasteiger partial charge in [0, 0.05) is 10.9 Å². The molecule has 144 valence electrons. The zero-order chi connectivity index (χ0) is 20.4. The highest BCUT2D eigenvalue weighted by Crippen LogP contribution is 2.30. The lowest BCUT2D eigenvalue weighted by atomic mass is 9.99. The Morgan fingerprint density at radius 1 is 0.966 bits per heavy atom. The van der Waals surface area contributed by atoms with E-state index in [1.54, 1.807) is 48.5 Å². The average Bonchev–Trinajstić information content (AvgIpc) is 3.20. The Hall–Kier alpha value is -4.20. The van der Waals surface area contributed by atoms with E-state index in [-0.39, 0.29) is 23.0 Å². The van der Waals surface area contributed by atoms with Crippen molar-refractivity contribution in [1.29, 1.82) is 0 Å². The number of methoxy groups -OCH3 is 1. The summed E-state index contributed by atoms with van der Waals surface area (Å²) in [7, 11) is 1.53. The van der Waals surface area contributed by atoms with Gasteiger partial charge in [-0.05, 0) is 29.7 Å². The molecule has 1 aromatic heterocycles. The van der Waals surface area contributed by atoms with Crippen LogP contribution in [-0.2, 0) is 0 Å². The van der Waals surface area contributed by atoms with E-state index < -0.39 is 11.9 Å². The van der Waals surface area contributed by atoms with Crippen LogP contribution in [0, 0.1) is 0 Å². The second-order valence-electron chi connectivity index (χ2n) is 6.08. The molecule has 0 saturated heterocycles. The number of rotatable bonds is 5. The number of nitrogens with one attached hydrogen (secondary N) is 1. The van der Waals surface area contributed by atoms with Gasteiger partial charge in [-0.1, -0.05) is 41.5 Å². The molecule has 0 fully saturated rings. The molecule has 0 atom stereocenters. The molecule has 1 heterocycles. The lowest BCUT2D eigenvalue weighted by molar-refractivity contribution is 0.0699. The van der Waals surface area contributed by atoms with E-state index in [0.29, 0.717) is 22.1 Å². The van der Waals surface area contributed by atoms with Crippen LogP contribution in [0.15, 0.2) is 65.1 Å². The monoisotopic (exact) mass is 389 g/mol. The highest BCUT2D eigenvalue weighted by Gasteiger charge is 2.19. The summed E-state index contributed by atoms with van der Waals surface area (Å²) in [6, 6.07) is 16.8. The topological polar surface area (TPSA) is 115 Å². The van der Waals surface area contributed by atoms with Crippen LogP contribution in [0.3, 0.4) is 0 Å². The molecular weight excluding hydrogens is 374 g/mol. The van der Waals surface area contributed by atoms with E-state index in [0.717, 1.165) is 0 Å². The van der Waals surface area contributed by atoms with Gasteiger partial charge in [-0.3, -0.25) is 10.1 Å². The Bertz CT molecular complexity index is 1230. The maximum Gasteiger partial charge on any atom is 0.336 e. The summed E-state index contributed by atoms with van der Waals surface area (Å²) in [6.45, 7) is 0. The lowest BCUT2D eigenvalue weighted by Gasteiger charge is -2.08. The zero-order valence-electron chi connectivity index (χ0n) is 15.2. The van der Waals surface area contributed by atoms with Crippen molar-refractivity contribution in [3.63, 3.8) is 0 Å². The highest BCUT2D eigenvalue weighted by atomic mass is 16.5. The third-order valence-corrected chi connectivity index (χ3v) is 4.36. The van der Waals surface area contributed by atoms with Crippen LogP contribution in [0.4, 0.5) is 6.01 Å². The average molecular weight is 389 g/mol. The number of para-hydroxylation sites is 1. The SMILES string of the molecule is COc1ccccc1-c1nnc(NC(=O)c2cccc3cccc(C(=O)O)c23)o1. The number of carboxylic acids is 1. The van der Waals surface area contributed by atoms with Crippen molar-refractivity contribution in [1.82, 2.24) is 10.2 Å². The van der Waals surface area contributed by atoms with Crippen LogP contribution in [-0.4, -0.2) is 34.3 Å². The molecule has 29 heavy (non-hydrogen) atoms. The summed E-state index contributed by atoms with van der Waals surface area (Å²) >= 11 is 0. The fourth-order valence-corrected chi connectivity index (χ4v) is 3.08. The fraction of sp³-hybridized carbons (Fsp3) is 0.0476. The predicted molar refractivity (Wildman–Crippen MR) is 105 cm³/mol. The van der Waals surface area contributed by atoms with Crippen LogP contribution >= 0.6 is 0 Å². The van der Waals surface area contributed by atoms with Crippen LogP contribution in [0.1, 0.15) is 20.7 Å². The summed E-state index contributed by atoms with van der Waals surface area (Å²) in [5.74, 6) is -0.942. The quantitative estimate of drug-likeness (QED) is 0.533. The first kappa shape index (κ1) is 18.2. The summed E-state index contributed by atoms with van der Waals surface area (Å²) in [5.41, 5.74) is 0.812.